The number of benzene rings is 1. The van der Waals surface area contributed by atoms with Gasteiger partial charge in [0.15, 0.2) is 0 Å². The first-order chi connectivity index (χ1) is 8.15. The number of hydrogen-bond acceptors (Lipinski definition) is 1. The fourth-order valence-electron chi connectivity index (χ4n) is 2.39. The second-order valence-electron chi connectivity index (χ2n) is 4.35. The van der Waals surface area contributed by atoms with Crippen LogP contribution in [0.1, 0.15) is 60.7 Å². The van der Waals surface area contributed by atoms with Crippen molar-refractivity contribution in [2.75, 3.05) is 0 Å². The van der Waals surface area contributed by atoms with Gasteiger partial charge in [-0.05, 0) is 48.4 Å². The zero-order chi connectivity index (χ0) is 12.8. The van der Waals surface area contributed by atoms with Crippen LogP contribution in [0.2, 0.25) is 0 Å². The summed E-state index contributed by atoms with van der Waals surface area (Å²) in [5, 5.41) is 9.18. The minimum absolute atomic E-state index is 0.476. The second-order valence-corrected chi connectivity index (χ2v) is 4.35. The molecule has 0 aliphatic rings. The quantitative estimate of drug-likeness (QED) is 0.811. The topological polar surface area (TPSA) is 37.3 Å². The van der Waals surface area contributed by atoms with Gasteiger partial charge in [0, 0.05) is 0 Å². The van der Waals surface area contributed by atoms with Crippen LogP contribution in [0.3, 0.4) is 0 Å². The molecule has 2 heteroatoms. The van der Waals surface area contributed by atoms with E-state index in [0.29, 0.717) is 5.56 Å². The third-order valence-electron chi connectivity index (χ3n) is 3.27. The number of carboxylic acid groups (broad SMARTS) is 1. The first-order valence-electron chi connectivity index (χ1n) is 6.52. The van der Waals surface area contributed by atoms with Crippen molar-refractivity contribution in [1.29, 1.82) is 0 Å². The fourth-order valence-corrected chi connectivity index (χ4v) is 2.39. The van der Waals surface area contributed by atoms with Crippen LogP contribution in [0.4, 0.5) is 0 Å². The molecular formula is C15H22O2. The zero-order valence-corrected chi connectivity index (χ0v) is 11.0. The minimum atomic E-state index is -0.807. The summed E-state index contributed by atoms with van der Waals surface area (Å²) in [7, 11) is 0. The van der Waals surface area contributed by atoms with E-state index in [4.69, 9.17) is 0 Å². The summed E-state index contributed by atoms with van der Waals surface area (Å²) in [6.45, 7) is 6.32. The summed E-state index contributed by atoms with van der Waals surface area (Å²) in [4.78, 5) is 11.2. The van der Waals surface area contributed by atoms with Crippen molar-refractivity contribution >= 4 is 5.97 Å². The van der Waals surface area contributed by atoms with Gasteiger partial charge in [-0.1, -0.05) is 33.3 Å². The van der Waals surface area contributed by atoms with E-state index in [9.17, 15) is 9.90 Å². The molecule has 0 bridgehead atoms. The fraction of sp³-hybridized carbons (Fsp3) is 0.533. The Balaban J connectivity index is 3.22. The van der Waals surface area contributed by atoms with Crippen LogP contribution >= 0.6 is 0 Å². The molecule has 0 aromatic heterocycles. The molecule has 0 saturated heterocycles. The summed E-state index contributed by atoms with van der Waals surface area (Å²) in [6.07, 6.45) is 5.12. The third-order valence-corrected chi connectivity index (χ3v) is 3.27. The molecule has 1 rings (SSSR count). The second kappa shape index (κ2) is 6.43. The summed E-state index contributed by atoms with van der Waals surface area (Å²) >= 11 is 0. The molecule has 1 aromatic carbocycles. The number of aromatic carboxylic acids is 1. The highest BCUT2D eigenvalue weighted by Crippen LogP contribution is 2.22. The van der Waals surface area contributed by atoms with Gasteiger partial charge in [-0.15, -0.1) is 0 Å². The summed E-state index contributed by atoms with van der Waals surface area (Å²) in [5.41, 5.74) is 4.08. The number of hydrogen-bond donors (Lipinski definition) is 1. The third kappa shape index (κ3) is 3.09. The number of rotatable bonds is 6. The Labute approximate surface area is 104 Å². The largest absolute Gasteiger partial charge is 0.478 e. The number of carboxylic acids is 1. The van der Waals surface area contributed by atoms with Gasteiger partial charge in [0.1, 0.15) is 0 Å². The molecule has 0 radical (unpaired) electrons. The van der Waals surface area contributed by atoms with E-state index >= 15 is 0 Å². The highest BCUT2D eigenvalue weighted by molar-refractivity contribution is 5.90. The molecule has 0 aliphatic heterocycles. The van der Waals surface area contributed by atoms with Crippen molar-refractivity contribution in [3.63, 3.8) is 0 Å². The molecule has 0 atom stereocenters. The predicted octanol–water partition coefficient (Wildman–Crippen LogP) is 3.85. The van der Waals surface area contributed by atoms with Crippen LogP contribution in [0.15, 0.2) is 12.1 Å². The summed E-state index contributed by atoms with van der Waals surface area (Å²) < 4.78 is 0. The van der Waals surface area contributed by atoms with Gasteiger partial charge < -0.3 is 5.11 Å². The van der Waals surface area contributed by atoms with Crippen molar-refractivity contribution in [2.45, 2.75) is 52.9 Å². The first-order valence-corrected chi connectivity index (χ1v) is 6.52. The van der Waals surface area contributed by atoms with Crippen LogP contribution in [0, 0.1) is 0 Å². The Morgan fingerprint density at radius 2 is 1.76 bits per heavy atom. The molecule has 0 heterocycles. The average Bonchev–Trinajstić information content (AvgIpc) is 2.34. The lowest BCUT2D eigenvalue weighted by molar-refractivity contribution is 0.0695. The Kier molecular flexibility index (Phi) is 5.20. The van der Waals surface area contributed by atoms with E-state index in [0.717, 1.165) is 24.8 Å². The molecule has 0 aliphatic carbocycles. The molecule has 0 fully saturated rings. The maximum absolute atomic E-state index is 11.2. The maximum atomic E-state index is 11.2. The highest BCUT2D eigenvalue weighted by Gasteiger charge is 2.14. The zero-order valence-electron chi connectivity index (χ0n) is 11.0. The van der Waals surface area contributed by atoms with Gasteiger partial charge in [0.25, 0.3) is 0 Å². The van der Waals surface area contributed by atoms with Crippen LogP contribution in [0.5, 0.6) is 0 Å². The van der Waals surface area contributed by atoms with Gasteiger partial charge in [0.2, 0.25) is 0 Å². The normalized spacial score (nSPS) is 10.5. The first kappa shape index (κ1) is 13.8. The smallest absolute Gasteiger partial charge is 0.335 e. The Morgan fingerprint density at radius 1 is 1.12 bits per heavy atom. The molecule has 94 valence electrons. The number of unbranched alkanes of at least 4 members (excludes halogenated alkanes) is 1. The number of aryl methyl sites for hydroxylation is 1. The maximum Gasteiger partial charge on any atom is 0.335 e. The Morgan fingerprint density at radius 3 is 2.24 bits per heavy atom. The molecule has 17 heavy (non-hydrogen) atoms. The number of carbonyl (C=O) groups is 1. The van der Waals surface area contributed by atoms with Gasteiger partial charge in [0.05, 0.1) is 5.56 Å². The highest BCUT2D eigenvalue weighted by atomic mass is 16.4. The lowest BCUT2D eigenvalue weighted by atomic mass is 9.90. The summed E-state index contributed by atoms with van der Waals surface area (Å²) in [6, 6.07) is 3.77. The standard InChI is InChI=1S/C15H22O2/c1-4-7-8-11-9-10-14(15(16)17)13(6-3)12(11)5-2/h9-10H,4-8H2,1-3H3,(H,16,17). The van der Waals surface area contributed by atoms with Gasteiger partial charge in [-0.3, -0.25) is 0 Å². The van der Waals surface area contributed by atoms with Crippen molar-refractivity contribution in [3.05, 3.63) is 34.4 Å². The Bertz CT molecular complexity index is 394. The molecule has 0 amide bonds. The molecule has 1 aromatic rings. The van der Waals surface area contributed by atoms with Gasteiger partial charge >= 0.3 is 5.97 Å². The molecule has 0 saturated carbocycles. The van der Waals surface area contributed by atoms with E-state index in [1.807, 2.05) is 13.0 Å². The monoisotopic (exact) mass is 234 g/mol. The van der Waals surface area contributed by atoms with Crippen LogP contribution in [0.25, 0.3) is 0 Å². The van der Waals surface area contributed by atoms with Crippen molar-refractivity contribution in [2.24, 2.45) is 0 Å². The van der Waals surface area contributed by atoms with E-state index in [-0.39, 0.29) is 0 Å². The molecule has 1 N–H and O–H groups in total. The average molecular weight is 234 g/mol. The molecule has 0 spiro atoms. The van der Waals surface area contributed by atoms with E-state index in [2.05, 4.69) is 13.8 Å². The van der Waals surface area contributed by atoms with Crippen LogP contribution < -0.4 is 0 Å². The predicted molar refractivity (Wildman–Crippen MR) is 70.8 cm³/mol. The molecule has 0 unspecified atom stereocenters. The van der Waals surface area contributed by atoms with Gasteiger partial charge in [-0.2, -0.15) is 0 Å². The van der Waals surface area contributed by atoms with E-state index < -0.39 is 5.97 Å². The summed E-state index contributed by atoms with van der Waals surface area (Å²) in [5.74, 6) is -0.807. The lowest BCUT2D eigenvalue weighted by Gasteiger charge is -2.15. The Hall–Kier alpha value is -1.31. The van der Waals surface area contributed by atoms with E-state index in [1.165, 1.54) is 24.0 Å². The van der Waals surface area contributed by atoms with Gasteiger partial charge in [-0.25, -0.2) is 4.79 Å². The van der Waals surface area contributed by atoms with Crippen LogP contribution in [-0.4, -0.2) is 11.1 Å². The molecule has 2 nitrogen and oxygen atoms in total. The van der Waals surface area contributed by atoms with E-state index in [1.54, 1.807) is 6.07 Å². The SMILES string of the molecule is CCCCc1ccc(C(=O)O)c(CC)c1CC. The van der Waals surface area contributed by atoms with Crippen molar-refractivity contribution in [3.8, 4) is 0 Å². The lowest BCUT2D eigenvalue weighted by Crippen LogP contribution is -2.08. The van der Waals surface area contributed by atoms with Crippen LogP contribution in [-0.2, 0) is 19.3 Å². The molecular weight excluding hydrogens is 212 g/mol. The van der Waals surface area contributed by atoms with Crippen molar-refractivity contribution in [1.82, 2.24) is 0 Å². The van der Waals surface area contributed by atoms with Crippen molar-refractivity contribution < 1.29 is 9.90 Å². The minimum Gasteiger partial charge on any atom is -0.478 e.